The molecular formula is C18H27FN4O3. The second-order valence-electron chi connectivity index (χ2n) is 7.37. The van der Waals surface area contributed by atoms with Crippen LogP contribution in [0.3, 0.4) is 0 Å². The van der Waals surface area contributed by atoms with E-state index in [4.69, 9.17) is 11.5 Å². The number of carbonyl (C=O) groups excluding carboxylic acids is 2. The number of rotatable bonds is 5. The Bertz CT molecular complexity index is 675. The lowest BCUT2D eigenvalue weighted by molar-refractivity contribution is -0.126. The van der Waals surface area contributed by atoms with Gasteiger partial charge in [-0.05, 0) is 49.9 Å². The number of nitrogens with one attached hydrogen (secondary N) is 1. The molecule has 7 nitrogen and oxygen atoms in total. The van der Waals surface area contributed by atoms with Gasteiger partial charge in [0.2, 0.25) is 5.91 Å². The number of aliphatic hydroxyl groups is 1. The summed E-state index contributed by atoms with van der Waals surface area (Å²) >= 11 is 0. The molecule has 1 aliphatic rings. The Morgan fingerprint density at radius 1 is 1.42 bits per heavy atom. The van der Waals surface area contributed by atoms with Crippen LogP contribution >= 0.6 is 0 Å². The normalized spacial score (nSPS) is 20.7. The number of nitrogens with two attached hydrogens (primary N) is 2. The summed E-state index contributed by atoms with van der Waals surface area (Å²) in [6, 6.07) is 3.14. The van der Waals surface area contributed by atoms with Gasteiger partial charge in [0.25, 0.3) is 0 Å². The first kappa shape index (κ1) is 20.1. The van der Waals surface area contributed by atoms with Crippen LogP contribution in [0.15, 0.2) is 18.2 Å². The summed E-state index contributed by atoms with van der Waals surface area (Å²) in [7, 11) is 0. The highest BCUT2D eigenvalue weighted by molar-refractivity contribution is 5.77. The first-order valence-electron chi connectivity index (χ1n) is 8.67. The van der Waals surface area contributed by atoms with Crippen molar-refractivity contribution in [1.29, 1.82) is 0 Å². The van der Waals surface area contributed by atoms with E-state index >= 15 is 0 Å². The molecule has 0 aliphatic carbocycles. The predicted molar refractivity (Wildman–Crippen MR) is 95.4 cm³/mol. The van der Waals surface area contributed by atoms with Crippen LogP contribution in [-0.2, 0) is 11.3 Å². The Kier molecular flexibility index (Phi) is 6.20. The van der Waals surface area contributed by atoms with Crippen molar-refractivity contribution < 1.29 is 19.1 Å². The van der Waals surface area contributed by atoms with E-state index in [1.807, 2.05) is 0 Å². The molecule has 1 aliphatic heterocycles. The number of piperidine rings is 1. The maximum absolute atomic E-state index is 13.5. The molecule has 6 N–H and O–H groups in total. The number of carbonyl (C=O) groups is 2. The summed E-state index contributed by atoms with van der Waals surface area (Å²) in [5.74, 6) is -0.655. The highest BCUT2D eigenvalue weighted by atomic mass is 19.1. The SMILES string of the molecule is CC(C)(O)CC(=O)NC1CCN(C(N)=O)C(c2ccc(F)cc2CN)C1. The van der Waals surface area contributed by atoms with Crippen molar-refractivity contribution in [3.63, 3.8) is 0 Å². The number of likely N-dealkylation sites (tertiary alicyclic amines) is 1. The van der Waals surface area contributed by atoms with Crippen LogP contribution < -0.4 is 16.8 Å². The van der Waals surface area contributed by atoms with Gasteiger partial charge in [-0.2, -0.15) is 0 Å². The van der Waals surface area contributed by atoms with Crippen LogP contribution in [0.2, 0.25) is 0 Å². The monoisotopic (exact) mass is 366 g/mol. The third-order valence-corrected chi connectivity index (χ3v) is 4.53. The van der Waals surface area contributed by atoms with Crippen LogP contribution in [0.25, 0.3) is 0 Å². The number of hydrogen-bond acceptors (Lipinski definition) is 4. The fourth-order valence-corrected chi connectivity index (χ4v) is 3.40. The third-order valence-electron chi connectivity index (χ3n) is 4.53. The van der Waals surface area contributed by atoms with Gasteiger partial charge in [-0.25, -0.2) is 9.18 Å². The minimum atomic E-state index is -1.10. The van der Waals surface area contributed by atoms with Crippen molar-refractivity contribution >= 4 is 11.9 Å². The summed E-state index contributed by atoms with van der Waals surface area (Å²) in [6.07, 6.45) is 0.980. The maximum atomic E-state index is 13.5. The maximum Gasteiger partial charge on any atom is 0.315 e. The fraction of sp³-hybridized carbons (Fsp3) is 0.556. The third kappa shape index (κ3) is 5.15. The van der Waals surface area contributed by atoms with E-state index in [2.05, 4.69) is 5.32 Å². The predicted octanol–water partition coefficient (Wildman–Crippen LogP) is 1.15. The Labute approximate surface area is 152 Å². The van der Waals surface area contributed by atoms with Crippen molar-refractivity contribution in [2.24, 2.45) is 11.5 Å². The van der Waals surface area contributed by atoms with Gasteiger partial charge in [-0.1, -0.05) is 6.07 Å². The molecule has 0 saturated carbocycles. The Morgan fingerprint density at radius 2 is 2.12 bits per heavy atom. The Hall–Kier alpha value is -2.19. The molecule has 26 heavy (non-hydrogen) atoms. The van der Waals surface area contributed by atoms with Gasteiger partial charge >= 0.3 is 6.03 Å². The Morgan fingerprint density at radius 3 is 2.69 bits per heavy atom. The van der Waals surface area contributed by atoms with Crippen LogP contribution in [0, 0.1) is 5.82 Å². The van der Waals surface area contributed by atoms with Gasteiger partial charge < -0.3 is 26.8 Å². The van der Waals surface area contributed by atoms with Crippen molar-refractivity contribution in [3.05, 3.63) is 35.1 Å². The molecule has 0 spiro atoms. The summed E-state index contributed by atoms with van der Waals surface area (Å²) < 4.78 is 13.5. The van der Waals surface area contributed by atoms with Crippen LogP contribution in [0.1, 0.15) is 50.3 Å². The van der Waals surface area contributed by atoms with Gasteiger partial charge in [0.05, 0.1) is 18.1 Å². The van der Waals surface area contributed by atoms with E-state index in [-0.39, 0.29) is 24.9 Å². The average Bonchev–Trinajstić information content (AvgIpc) is 2.52. The summed E-state index contributed by atoms with van der Waals surface area (Å²) in [5, 5.41) is 12.7. The van der Waals surface area contributed by atoms with Crippen LogP contribution in [0.4, 0.5) is 9.18 Å². The first-order chi connectivity index (χ1) is 12.1. The number of amides is 3. The van der Waals surface area contributed by atoms with Gasteiger partial charge in [0.15, 0.2) is 0 Å². The number of urea groups is 1. The van der Waals surface area contributed by atoms with E-state index < -0.39 is 23.5 Å². The van der Waals surface area contributed by atoms with Crippen molar-refractivity contribution in [1.82, 2.24) is 10.2 Å². The molecule has 0 bridgehead atoms. The highest BCUT2D eigenvalue weighted by Gasteiger charge is 2.34. The molecule has 2 unspecified atom stereocenters. The van der Waals surface area contributed by atoms with E-state index in [0.29, 0.717) is 24.9 Å². The van der Waals surface area contributed by atoms with E-state index in [1.165, 1.54) is 17.0 Å². The number of hydrogen-bond donors (Lipinski definition) is 4. The number of halogens is 1. The van der Waals surface area contributed by atoms with Crippen molar-refractivity contribution in [2.45, 2.75) is 57.3 Å². The molecule has 3 amide bonds. The molecular weight excluding hydrogens is 339 g/mol. The molecule has 1 saturated heterocycles. The second-order valence-corrected chi connectivity index (χ2v) is 7.37. The molecule has 2 rings (SSSR count). The average molecular weight is 366 g/mol. The molecule has 0 aromatic heterocycles. The molecule has 1 heterocycles. The fourth-order valence-electron chi connectivity index (χ4n) is 3.40. The minimum absolute atomic E-state index is 0.0156. The standard InChI is InChI=1S/C18H27FN4O3/c1-18(2,26)9-16(24)22-13-5-6-23(17(21)25)15(8-13)14-4-3-12(19)7-11(14)10-20/h3-4,7,13,15,26H,5-6,8-10,20H2,1-2H3,(H2,21,25)(H,22,24). The molecule has 1 aromatic carbocycles. The second kappa shape index (κ2) is 8.01. The zero-order chi connectivity index (χ0) is 19.5. The van der Waals surface area contributed by atoms with Crippen LogP contribution in [0.5, 0.6) is 0 Å². The molecule has 8 heteroatoms. The first-order valence-corrected chi connectivity index (χ1v) is 8.67. The van der Waals surface area contributed by atoms with Crippen molar-refractivity contribution in [3.8, 4) is 0 Å². The van der Waals surface area contributed by atoms with E-state index in [9.17, 15) is 19.1 Å². The number of primary amides is 1. The molecule has 144 valence electrons. The molecule has 1 fully saturated rings. The number of benzene rings is 1. The lowest BCUT2D eigenvalue weighted by Crippen LogP contribution is -2.50. The van der Waals surface area contributed by atoms with Gasteiger partial charge in [0, 0.05) is 19.1 Å². The topological polar surface area (TPSA) is 122 Å². The summed E-state index contributed by atoms with van der Waals surface area (Å²) in [5.41, 5.74) is 11.5. The van der Waals surface area contributed by atoms with Gasteiger partial charge in [-0.3, -0.25) is 4.79 Å². The zero-order valence-electron chi connectivity index (χ0n) is 15.2. The zero-order valence-corrected chi connectivity index (χ0v) is 15.2. The van der Waals surface area contributed by atoms with E-state index in [0.717, 1.165) is 5.56 Å². The van der Waals surface area contributed by atoms with Crippen LogP contribution in [-0.4, -0.2) is 40.1 Å². The van der Waals surface area contributed by atoms with Gasteiger partial charge in [-0.15, -0.1) is 0 Å². The Balaban J connectivity index is 2.21. The summed E-state index contributed by atoms with van der Waals surface area (Å²) in [4.78, 5) is 25.5. The molecule has 2 atom stereocenters. The molecule has 0 radical (unpaired) electrons. The largest absolute Gasteiger partial charge is 0.390 e. The lowest BCUT2D eigenvalue weighted by atomic mass is 9.89. The van der Waals surface area contributed by atoms with E-state index in [1.54, 1.807) is 19.9 Å². The lowest BCUT2D eigenvalue weighted by Gasteiger charge is -2.40. The molecule has 1 aromatic rings. The number of nitrogens with zero attached hydrogens (tertiary/aromatic N) is 1. The minimum Gasteiger partial charge on any atom is -0.390 e. The van der Waals surface area contributed by atoms with Gasteiger partial charge in [0.1, 0.15) is 5.82 Å². The summed E-state index contributed by atoms with van der Waals surface area (Å²) in [6.45, 7) is 3.63. The van der Waals surface area contributed by atoms with Crippen molar-refractivity contribution in [2.75, 3.05) is 6.54 Å². The highest BCUT2D eigenvalue weighted by Crippen LogP contribution is 2.33. The smallest absolute Gasteiger partial charge is 0.315 e. The quantitative estimate of drug-likeness (QED) is 0.624.